The van der Waals surface area contributed by atoms with Crippen molar-refractivity contribution in [1.29, 1.82) is 0 Å². The Hall–Kier alpha value is -2.32. The van der Waals surface area contributed by atoms with Gasteiger partial charge in [-0.2, -0.15) is 0 Å². The molecule has 1 saturated heterocycles. The fourth-order valence-electron chi connectivity index (χ4n) is 1.81. The first kappa shape index (κ1) is 18.7. The van der Waals surface area contributed by atoms with E-state index in [1.807, 2.05) is 0 Å². The number of carboxylic acid groups (broad SMARTS) is 1. The molecule has 1 atom stereocenters. The smallest absolute Gasteiger partial charge is 0.408 e. The van der Waals surface area contributed by atoms with Crippen LogP contribution in [0, 0.1) is 0 Å². The second-order valence-electron chi connectivity index (χ2n) is 6.90. The molecule has 3 N–H and O–H groups in total. The normalized spacial score (nSPS) is 18.0. The first-order chi connectivity index (χ1) is 10.3. The van der Waals surface area contributed by atoms with Gasteiger partial charge in [-0.3, -0.25) is 9.59 Å². The summed E-state index contributed by atoms with van der Waals surface area (Å²) in [4.78, 5) is 47.3. The third-order valence-corrected chi connectivity index (χ3v) is 3.02. The van der Waals surface area contributed by atoms with Crippen molar-refractivity contribution in [1.82, 2.24) is 15.5 Å². The number of nitrogens with zero attached hydrogens (tertiary/aromatic N) is 1. The molecule has 0 aromatic heterocycles. The number of β-lactam (4-membered cyclic amide) rings is 1. The second kappa shape index (κ2) is 6.43. The van der Waals surface area contributed by atoms with Gasteiger partial charge in [0.2, 0.25) is 11.8 Å². The van der Waals surface area contributed by atoms with Gasteiger partial charge in [0.25, 0.3) is 0 Å². The second-order valence-corrected chi connectivity index (χ2v) is 6.90. The maximum absolute atomic E-state index is 11.9. The highest BCUT2D eigenvalue weighted by molar-refractivity contribution is 5.95. The highest BCUT2D eigenvalue weighted by Crippen LogP contribution is 2.12. The van der Waals surface area contributed by atoms with E-state index in [1.54, 1.807) is 20.8 Å². The molecule has 1 rings (SSSR count). The molecule has 1 aliphatic rings. The quantitative estimate of drug-likeness (QED) is 0.595. The Balaban J connectivity index is 2.42. The Morgan fingerprint density at radius 1 is 1.26 bits per heavy atom. The number of likely N-dealkylation sites (tertiary alicyclic amines) is 1. The van der Waals surface area contributed by atoms with Gasteiger partial charge in [0.15, 0.2) is 0 Å². The molecular weight excluding hydrogens is 306 g/mol. The van der Waals surface area contributed by atoms with Gasteiger partial charge in [-0.05, 0) is 34.6 Å². The van der Waals surface area contributed by atoms with E-state index in [-0.39, 0.29) is 13.1 Å². The monoisotopic (exact) mass is 329 g/mol. The summed E-state index contributed by atoms with van der Waals surface area (Å²) in [5, 5.41) is 13.7. The van der Waals surface area contributed by atoms with Gasteiger partial charge in [0.05, 0.1) is 13.1 Å². The Labute approximate surface area is 134 Å². The van der Waals surface area contributed by atoms with Crippen LogP contribution < -0.4 is 10.6 Å². The first-order valence-corrected chi connectivity index (χ1v) is 7.14. The predicted molar refractivity (Wildman–Crippen MR) is 79.6 cm³/mol. The van der Waals surface area contributed by atoms with Crippen LogP contribution in [0.15, 0.2) is 0 Å². The number of alkyl carbamates (subject to hydrolysis) is 1. The lowest BCUT2D eigenvalue weighted by atomic mass is 10.1. The maximum Gasteiger partial charge on any atom is 0.408 e. The molecule has 1 aliphatic heterocycles. The molecule has 0 aliphatic carbocycles. The van der Waals surface area contributed by atoms with E-state index < -0.39 is 41.1 Å². The van der Waals surface area contributed by atoms with Crippen molar-refractivity contribution in [3.63, 3.8) is 0 Å². The number of ether oxygens (including phenoxy) is 1. The average Bonchev–Trinajstić information content (AvgIpc) is 2.34. The van der Waals surface area contributed by atoms with Crippen molar-refractivity contribution in [3.8, 4) is 0 Å². The molecule has 1 heterocycles. The van der Waals surface area contributed by atoms with E-state index in [9.17, 15) is 19.2 Å². The van der Waals surface area contributed by atoms with Crippen LogP contribution in [0.1, 0.15) is 34.6 Å². The summed E-state index contributed by atoms with van der Waals surface area (Å²) in [6.07, 6.45) is -0.702. The van der Waals surface area contributed by atoms with Crippen LogP contribution in [0.3, 0.4) is 0 Å². The van der Waals surface area contributed by atoms with E-state index in [1.165, 1.54) is 18.7 Å². The fourth-order valence-corrected chi connectivity index (χ4v) is 1.81. The third kappa shape index (κ3) is 5.42. The summed E-state index contributed by atoms with van der Waals surface area (Å²) in [5.74, 6) is -2.18. The summed E-state index contributed by atoms with van der Waals surface area (Å²) in [6.45, 7) is 7.71. The van der Waals surface area contributed by atoms with Gasteiger partial charge in [-0.1, -0.05) is 0 Å². The van der Waals surface area contributed by atoms with E-state index in [2.05, 4.69) is 10.6 Å². The Morgan fingerprint density at radius 3 is 2.26 bits per heavy atom. The lowest BCUT2D eigenvalue weighted by molar-refractivity contribution is -0.149. The standard InChI is InChI=1S/C14H23N3O6/c1-13(2,3)23-12(22)15-8-6-17(10(8)19)7-9(18)16-14(4,5)11(20)21/h8H,6-7H2,1-5H3,(H,15,22)(H,16,18)(H,20,21)/t8-/m0/s1. The Bertz CT molecular complexity index is 523. The van der Waals surface area contributed by atoms with E-state index >= 15 is 0 Å². The maximum atomic E-state index is 11.9. The number of aliphatic carboxylic acids is 1. The van der Waals surface area contributed by atoms with Crippen molar-refractivity contribution in [3.05, 3.63) is 0 Å². The zero-order valence-corrected chi connectivity index (χ0v) is 13.9. The lowest BCUT2D eigenvalue weighted by Crippen LogP contribution is -2.66. The van der Waals surface area contributed by atoms with E-state index in [0.29, 0.717) is 0 Å². The molecule has 23 heavy (non-hydrogen) atoms. The molecule has 0 saturated carbocycles. The van der Waals surface area contributed by atoms with Crippen molar-refractivity contribution < 1.29 is 29.0 Å². The first-order valence-electron chi connectivity index (χ1n) is 7.14. The van der Waals surface area contributed by atoms with Gasteiger partial charge in [-0.25, -0.2) is 9.59 Å². The van der Waals surface area contributed by atoms with Crippen molar-refractivity contribution in [2.75, 3.05) is 13.1 Å². The molecule has 0 unspecified atom stereocenters. The van der Waals surface area contributed by atoms with Gasteiger partial charge in [0, 0.05) is 0 Å². The number of hydrogen-bond acceptors (Lipinski definition) is 5. The zero-order valence-electron chi connectivity index (χ0n) is 13.9. The number of carboxylic acids is 1. The van der Waals surface area contributed by atoms with Crippen LogP contribution in [0.5, 0.6) is 0 Å². The summed E-state index contributed by atoms with van der Waals surface area (Å²) in [7, 11) is 0. The van der Waals surface area contributed by atoms with Crippen LogP contribution in [0.4, 0.5) is 4.79 Å². The molecule has 0 spiro atoms. The SMILES string of the molecule is CC(C)(C)OC(=O)N[C@H]1CN(CC(=O)NC(C)(C)C(=O)O)C1=O. The van der Waals surface area contributed by atoms with E-state index in [0.717, 1.165) is 0 Å². The van der Waals surface area contributed by atoms with Gasteiger partial charge in [0.1, 0.15) is 17.2 Å². The van der Waals surface area contributed by atoms with Crippen molar-refractivity contribution in [2.24, 2.45) is 0 Å². The molecule has 3 amide bonds. The number of amides is 3. The molecule has 0 bridgehead atoms. The predicted octanol–water partition coefficient (Wildman–Crippen LogP) is -0.299. The van der Waals surface area contributed by atoms with Gasteiger partial charge in [-0.15, -0.1) is 0 Å². The van der Waals surface area contributed by atoms with E-state index in [4.69, 9.17) is 9.84 Å². The van der Waals surface area contributed by atoms with Gasteiger partial charge >= 0.3 is 12.1 Å². The summed E-state index contributed by atoms with van der Waals surface area (Å²) in [5.41, 5.74) is -2.09. The molecule has 1 fully saturated rings. The van der Waals surface area contributed by atoms with Crippen molar-refractivity contribution in [2.45, 2.75) is 51.8 Å². The van der Waals surface area contributed by atoms with Crippen LogP contribution in [0.25, 0.3) is 0 Å². The summed E-state index contributed by atoms with van der Waals surface area (Å²) >= 11 is 0. The largest absolute Gasteiger partial charge is 0.480 e. The summed E-state index contributed by atoms with van der Waals surface area (Å²) < 4.78 is 5.04. The lowest BCUT2D eigenvalue weighted by Gasteiger charge is -2.38. The topological polar surface area (TPSA) is 125 Å². The fraction of sp³-hybridized carbons (Fsp3) is 0.714. The number of carbonyl (C=O) groups is 4. The van der Waals surface area contributed by atoms with Crippen LogP contribution >= 0.6 is 0 Å². The molecule has 0 radical (unpaired) electrons. The molecule has 9 nitrogen and oxygen atoms in total. The van der Waals surface area contributed by atoms with Gasteiger partial charge < -0.3 is 25.4 Å². The summed E-state index contributed by atoms with van der Waals surface area (Å²) in [6, 6.07) is -0.731. The molecule has 9 heteroatoms. The molecule has 0 aromatic rings. The minimum absolute atomic E-state index is 0.166. The number of rotatable bonds is 5. The highest BCUT2D eigenvalue weighted by atomic mass is 16.6. The third-order valence-electron chi connectivity index (χ3n) is 3.02. The Kier molecular flexibility index (Phi) is 5.24. The van der Waals surface area contributed by atoms with Crippen LogP contribution in [0.2, 0.25) is 0 Å². The van der Waals surface area contributed by atoms with Crippen LogP contribution in [-0.4, -0.2) is 64.2 Å². The zero-order chi connectivity index (χ0) is 18.0. The Morgan fingerprint density at radius 2 is 1.83 bits per heavy atom. The molecule has 130 valence electrons. The molecular formula is C14H23N3O6. The minimum Gasteiger partial charge on any atom is -0.480 e. The number of hydrogen-bond donors (Lipinski definition) is 3. The van der Waals surface area contributed by atoms with Crippen molar-refractivity contribution >= 4 is 23.9 Å². The highest BCUT2D eigenvalue weighted by Gasteiger charge is 2.40. The minimum atomic E-state index is -1.42. The van der Waals surface area contributed by atoms with Crippen LogP contribution in [-0.2, 0) is 19.1 Å². The molecule has 0 aromatic carbocycles. The number of carbonyl (C=O) groups excluding carboxylic acids is 3. The average molecular weight is 329 g/mol. The number of nitrogens with one attached hydrogen (secondary N) is 2.